The fraction of sp³-hybridized carbons (Fsp3) is 0.333. The van der Waals surface area contributed by atoms with Crippen molar-refractivity contribution >= 4 is 57.2 Å². The third-order valence-electron chi connectivity index (χ3n) is 8.63. The van der Waals surface area contributed by atoms with Crippen LogP contribution in [0, 0.1) is 11.8 Å². The Balaban J connectivity index is 0.00000252. The molecule has 2 aromatic carbocycles. The van der Waals surface area contributed by atoms with E-state index in [4.69, 9.17) is 0 Å². The predicted molar refractivity (Wildman–Crippen MR) is 149 cm³/mol. The van der Waals surface area contributed by atoms with Crippen LogP contribution >= 0.6 is 12.4 Å². The lowest BCUT2D eigenvalue weighted by atomic mass is 9.85. The third-order valence-corrected chi connectivity index (χ3v) is 8.63. The minimum Gasteiger partial charge on any atom is -0.350 e. The van der Waals surface area contributed by atoms with Crippen molar-refractivity contribution in [1.82, 2.24) is 19.4 Å². The maximum atomic E-state index is 13.5. The van der Waals surface area contributed by atoms with Gasteiger partial charge < -0.3 is 14.0 Å². The van der Waals surface area contributed by atoms with Crippen molar-refractivity contribution in [3.63, 3.8) is 0 Å². The number of hydrogen-bond acceptors (Lipinski definition) is 3. The summed E-state index contributed by atoms with van der Waals surface area (Å²) in [7, 11) is 1.98. The molecule has 0 saturated carbocycles. The number of halogens is 1. The number of rotatable bonds is 3. The zero-order valence-corrected chi connectivity index (χ0v) is 22.1. The van der Waals surface area contributed by atoms with Crippen LogP contribution in [0.15, 0.2) is 54.7 Å². The number of benzene rings is 2. The SMILES string of the molecule is CC(C)N1CC2Cc3c(C4=C(c5cn(C)c6ccccc56)C(=O)NC4=O)c4ccccc4n3CC2C1.Cl. The van der Waals surface area contributed by atoms with E-state index in [1.54, 1.807) is 0 Å². The molecule has 0 spiro atoms. The molecule has 4 aromatic rings. The van der Waals surface area contributed by atoms with Crippen molar-refractivity contribution in [2.24, 2.45) is 18.9 Å². The van der Waals surface area contributed by atoms with Gasteiger partial charge in [0.15, 0.2) is 0 Å². The van der Waals surface area contributed by atoms with Crippen molar-refractivity contribution in [3.05, 3.63) is 71.5 Å². The summed E-state index contributed by atoms with van der Waals surface area (Å²) < 4.78 is 4.46. The van der Waals surface area contributed by atoms with Gasteiger partial charge in [-0.2, -0.15) is 0 Å². The monoisotopic (exact) mass is 514 g/mol. The summed E-state index contributed by atoms with van der Waals surface area (Å²) in [4.78, 5) is 29.4. The van der Waals surface area contributed by atoms with Crippen LogP contribution in [0.2, 0.25) is 0 Å². The maximum absolute atomic E-state index is 13.5. The number of nitrogens with zero attached hydrogens (tertiary/aromatic N) is 3. The Bertz CT molecular complexity index is 1630. The van der Waals surface area contributed by atoms with Crippen LogP contribution in [0.3, 0.4) is 0 Å². The van der Waals surface area contributed by atoms with Gasteiger partial charge in [0.1, 0.15) is 0 Å². The first-order valence-corrected chi connectivity index (χ1v) is 12.9. The number of amides is 2. The molecule has 7 rings (SSSR count). The van der Waals surface area contributed by atoms with E-state index in [2.05, 4.69) is 46.8 Å². The highest BCUT2D eigenvalue weighted by molar-refractivity contribution is 6.51. The van der Waals surface area contributed by atoms with Gasteiger partial charge in [-0.3, -0.25) is 14.9 Å². The van der Waals surface area contributed by atoms with E-state index in [1.165, 1.54) is 5.69 Å². The average molecular weight is 515 g/mol. The first-order valence-electron chi connectivity index (χ1n) is 12.9. The highest BCUT2D eigenvalue weighted by Gasteiger charge is 2.42. The van der Waals surface area contributed by atoms with Gasteiger partial charge in [0.25, 0.3) is 11.8 Å². The average Bonchev–Trinajstić information content (AvgIpc) is 3.59. The number of imide groups is 1. The van der Waals surface area contributed by atoms with Crippen LogP contribution in [0.25, 0.3) is 33.0 Å². The van der Waals surface area contributed by atoms with Gasteiger partial charge in [-0.25, -0.2) is 0 Å². The Morgan fingerprint density at radius 2 is 1.49 bits per heavy atom. The van der Waals surface area contributed by atoms with Crippen LogP contribution in [-0.2, 0) is 29.6 Å². The van der Waals surface area contributed by atoms with Crippen LogP contribution in [-0.4, -0.2) is 45.0 Å². The van der Waals surface area contributed by atoms with Gasteiger partial charge in [-0.05, 0) is 44.2 Å². The van der Waals surface area contributed by atoms with E-state index >= 15 is 0 Å². The Kier molecular flexibility index (Phi) is 5.58. The highest BCUT2D eigenvalue weighted by Crippen LogP contribution is 2.45. The van der Waals surface area contributed by atoms with Crippen molar-refractivity contribution in [3.8, 4) is 0 Å². The smallest absolute Gasteiger partial charge is 0.259 e. The fourth-order valence-electron chi connectivity index (χ4n) is 6.87. The molecule has 3 aliphatic heterocycles. The van der Waals surface area contributed by atoms with E-state index in [0.717, 1.165) is 59.0 Å². The summed E-state index contributed by atoms with van der Waals surface area (Å²) in [5.41, 5.74) is 6.17. The third kappa shape index (κ3) is 3.42. The molecule has 1 N–H and O–H groups in total. The molecule has 7 heteroatoms. The topological polar surface area (TPSA) is 59.3 Å². The van der Waals surface area contributed by atoms with E-state index in [1.807, 2.05) is 48.1 Å². The van der Waals surface area contributed by atoms with Gasteiger partial charge in [-0.1, -0.05) is 36.4 Å². The molecular formula is C30H31ClN4O2. The lowest BCUT2D eigenvalue weighted by Crippen LogP contribution is -2.29. The van der Waals surface area contributed by atoms with Crippen molar-refractivity contribution in [2.75, 3.05) is 13.1 Å². The Morgan fingerprint density at radius 1 is 0.838 bits per heavy atom. The van der Waals surface area contributed by atoms with E-state index in [0.29, 0.717) is 29.0 Å². The van der Waals surface area contributed by atoms with E-state index in [9.17, 15) is 9.59 Å². The Hall–Kier alpha value is -3.35. The van der Waals surface area contributed by atoms with Crippen molar-refractivity contribution in [1.29, 1.82) is 0 Å². The molecule has 0 radical (unpaired) electrons. The first-order chi connectivity index (χ1) is 17.4. The second-order valence-electron chi connectivity index (χ2n) is 10.9. The molecule has 3 aliphatic rings. The fourth-order valence-corrected chi connectivity index (χ4v) is 6.87. The lowest BCUT2D eigenvalue weighted by molar-refractivity contribution is -0.122. The Morgan fingerprint density at radius 3 is 2.24 bits per heavy atom. The molecule has 190 valence electrons. The molecule has 1 saturated heterocycles. The zero-order valence-electron chi connectivity index (χ0n) is 21.3. The Labute approximate surface area is 222 Å². The molecule has 2 aromatic heterocycles. The first kappa shape index (κ1) is 24.0. The lowest BCUT2D eigenvalue weighted by Gasteiger charge is -2.28. The second kappa shape index (κ2) is 8.61. The van der Waals surface area contributed by atoms with Gasteiger partial charge in [0.2, 0.25) is 0 Å². The number of nitrogens with one attached hydrogen (secondary N) is 1. The van der Waals surface area contributed by atoms with Gasteiger partial charge in [0, 0.05) is 77.5 Å². The molecule has 5 heterocycles. The maximum Gasteiger partial charge on any atom is 0.259 e. The summed E-state index contributed by atoms with van der Waals surface area (Å²) in [6, 6.07) is 17.0. The zero-order chi connectivity index (χ0) is 24.7. The quantitative estimate of drug-likeness (QED) is 0.405. The molecule has 0 aliphatic carbocycles. The summed E-state index contributed by atoms with van der Waals surface area (Å²) in [6.07, 6.45) is 2.90. The summed E-state index contributed by atoms with van der Waals surface area (Å²) in [5, 5.41) is 4.68. The number of hydrogen-bond donors (Lipinski definition) is 1. The number of carbonyl (C=O) groups is 2. The normalized spacial score (nSPS) is 21.6. The van der Waals surface area contributed by atoms with Gasteiger partial charge in [0.05, 0.1) is 11.1 Å². The molecule has 2 atom stereocenters. The summed E-state index contributed by atoms with van der Waals surface area (Å²) in [6.45, 7) is 7.70. The van der Waals surface area contributed by atoms with E-state index < -0.39 is 0 Å². The molecule has 1 fully saturated rings. The minimum absolute atomic E-state index is 0. The number of aromatic nitrogens is 2. The molecule has 2 amide bonds. The van der Waals surface area contributed by atoms with Gasteiger partial charge in [-0.15, -0.1) is 12.4 Å². The number of para-hydroxylation sites is 2. The standard InChI is InChI=1S/C30H30N4O2.ClH/c1-17(2)33-13-18-12-25-26(21-9-5-7-11-24(21)34(25)15-19(18)14-33)28-27(29(35)31-30(28)36)22-16-32(3)23-10-6-4-8-20(22)23;/h4-11,16-19H,12-15H2,1-3H3,(H,31,35,36);1H. The molecular weight excluding hydrogens is 484 g/mol. The summed E-state index contributed by atoms with van der Waals surface area (Å²) in [5.74, 6) is 0.564. The van der Waals surface area contributed by atoms with Crippen molar-refractivity contribution < 1.29 is 9.59 Å². The predicted octanol–water partition coefficient (Wildman–Crippen LogP) is 4.63. The number of carbonyl (C=O) groups excluding carboxylic acids is 2. The van der Waals surface area contributed by atoms with Crippen LogP contribution in [0.4, 0.5) is 0 Å². The van der Waals surface area contributed by atoms with Crippen molar-refractivity contribution in [2.45, 2.75) is 32.9 Å². The molecule has 2 unspecified atom stereocenters. The number of likely N-dealkylation sites (tertiary alicyclic amines) is 1. The highest BCUT2D eigenvalue weighted by atomic mass is 35.5. The van der Waals surface area contributed by atoms with E-state index in [-0.39, 0.29) is 24.2 Å². The molecule has 37 heavy (non-hydrogen) atoms. The molecule has 6 nitrogen and oxygen atoms in total. The second-order valence-corrected chi connectivity index (χ2v) is 10.9. The largest absolute Gasteiger partial charge is 0.350 e. The number of aryl methyl sites for hydroxylation is 1. The summed E-state index contributed by atoms with van der Waals surface area (Å²) >= 11 is 0. The minimum atomic E-state index is -0.309. The molecule has 0 bridgehead atoms. The van der Waals surface area contributed by atoms with Crippen LogP contribution in [0.1, 0.15) is 30.7 Å². The van der Waals surface area contributed by atoms with Crippen LogP contribution in [0.5, 0.6) is 0 Å². The number of fused-ring (bicyclic) bond motifs is 5. The van der Waals surface area contributed by atoms with Gasteiger partial charge >= 0.3 is 0 Å². The van der Waals surface area contributed by atoms with Crippen LogP contribution < -0.4 is 5.32 Å².